The van der Waals surface area contributed by atoms with Gasteiger partial charge in [-0.15, -0.1) is 0 Å². The lowest BCUT2D eigenvalue weighted by Gasteiger charge is -2.26. The lowest BCUT2D eigenvalue weighted by atomic mass is 10.1. The molecule has 1 aliphatic rings. The molecule has 2 atom stereocenters. The number of nitrogens with zero attached hydrogens (tertiary/aromatic N) is 2. The minimum Gasteiger partial charge on any atom is -0.393 e. The van der Waals surface area contributed by atoms with Gasteiger partial charge in [-0.05, 0) is 51.4 Å². The van der Waals surface area contributed by atoms with Crippen molar-refractivity contribution >= 4 is 15.7 Å². The smallest absolute Gasteiger partial charge is 0.235 e. The first-order chi connectivity index (χ1) is 10.3. The Morgan fingerprint density at radius 2 is 1.91 bits per heavy atom. The summed E-state index contributed by atoms with van der Waals surface area (Å²) in [6, 6.07) is 7.98. The molecule has 2 rings (SSSR count). The summed E-state index contributed by atoms with van der Waals surface area (Å²) >= 11 is 0. The van der Waals surface area contributed by atoms with Crippen LogP contribution in [-0.4, -0.2) is 50.4 Å². The number of benzene rings is 1. The molecule has 1 heterocycles. The first-order valence-electron chi connectivity index (χ1n) is 7.80. The van der Waals surface area contributed by atoms with Crippen LogP contribution in [-0.2, 0) is 10.0 Å². The van der Waals surface area contributed by atoms with Crippen LogP contribution in [0.25, 0.3) is 0 Å². The molecule has 1 fully saturated rings. The van der Waals surface area contributed by atoms with Crippen LogP contribution in [0, 0.1) is 0 Å². The number of aliphatic hydroxyl groups is 1. The fourth-order valence-corrected chi connectivity index (χ4v) is 4.25. The van der Waals surface area contributed by atoms with Crippen molar-refractivity contribution in [2.75, 3.05) is 30.2 Å². The van der Waals surface area contributed by atoms with Crippen molar-refractivity contribution in [3.63, 3.8) is 0 Å². The van der Waals surface area contributed by atoms with Gasteiger partial charge in [0.2, 0.25) is 10.0 Å². The molecular weight excluding hydrogens is 300 g/mol. The predicted molar refractivity (Wildman–Crippen MR) is 89.5 cm³/mol. The summed E-state index contributed by atoms with van der Waals surface area (Å²) in [4.78, 5) is 2.19. The molecule has 0 saturated carbocycles. The molecule has 0 spiro atoms. The molecule has 0 radical (unpaired) electrons. The predicted octanol–water partition coefficient (Wildman–Crippen LogP) is 1.99. The third-order valence-electron chi connectivity index (χ3n) is 4.32. The summed E-state index contributed by atoms with van der Waals surface area (Å²) in [6.45, 7) is 5.31. The minimum atomic E-state index is -3.11. The molecule has 0 aliphatic carbocycles. The first-order valence-corrected chi connectivity index (χ1v) is 9.41. The lowest BCUT2D eigenvalue weighted by molar-refractivity contribution is 0.153. The Kier molecular flexibility index (Phi) is 5.47. The van der Waals surface area contributed by atoms with E-state index in [4.69, 9.17) is 0 Å². The number of anilines is 1. The van der Waals surface area contributed by atoms with E-state index in [0.717, 1.165) is 24.2 Å². The summed E-state index contributed by atoms with van der Waals surface area (Å²) in [6.07, 6.45) is 1.14. The molecule has 1 aromatic rings. The Hall–Kier alpha value is -1.11. The normalized spacial score (nSPS) is 20.3. The van der Waals surface area contributed by atoms with Crippen LogP contribution >= 0.6 is 0 Å². The molecule has 0 unspecified atom stereocenters. The number of hydrogen-bond donors (Lipinski definition) is 1. The Morgan fingerprint density at radius 1 is 1.27 bits per heavy atom. The molecule has 0 aromatic heterocycles. The maximum absolute atomic E-state index is 11.9. The molecule has 124 valence electrons. The number of aliphatic hydroxyl groups excluding tert-OH is 1. The van der Waals surface area contributed by atoms with Gasteiger partial charge in [-0.25, -0.2) is 8.42 Å². The Labute approximate surface area is 133 Å². The van der Waals surface area contributed by atoms with E-state index in [9.17, 15) is 13.5 Å². The van der Waals surface area contributed by atoms with Crippen molar-refractivity contribution < 1.29 is 13.5 Å². The Bertz CT molecular complexity index is 584. The Balaban J connectivity index is 2.05. The van der Waals surface area contributed by atoms with Gasteiger partial charge in [0.1, 0.15) is 0 Å². The van der Waals surface area contributed by atoms with E-state index in [1.54, 1.807) is 6.92 Å². The van der Waals surface area contributed by atoms with Gasteiger partial charge in [-0.2, -0.15) is 0 Å². The van der Waals surface area contributed by atoms with Crippen molar-refractivity contribution in [1.29, 1.82) is 0 Å². The maximum atomic E-state index is 11.9. The first kappa shape index (κ1) is 17.2. The van der Waals surface area contributed by atoms with Gasteiger partial charge in [0.25, 0.3) is 0 Å². The molecule has 0 amide bonds. The van der Waals surface area contributed by atoms with Gasteiger partial charge in [0, 0.05) is 19.1 Å². The fourth-order valence-electron chi connectivity index (χ4n) is 2.69. The van der Waals surface area contributed by atoms with Crippen LogP contribution in [0.4, 0.5) is 5.69 Å². The number of rotatable bonds is 6. The number of sulfonamides is 1. The third kappa shape index (κ3) is 4.00. The lowest BCUT2D eigenvalue weighted by Crippen LogP contribution is -2.26. The SMILES string of the molecule is C[C@@H](O)CCN(C)[C@@H](C)c1ccc(N2CCCS2(=O)=O)cc1. The van der Waals surface area contributed by atoms with Crippen LogP contribution in [0.2, 0.25) is 0 Å². The largest absolute Gasteiger partial charge is 0.393 e. The molecule has 5 nitrogen and oxygen atoms in total. The van der Waals surface area contributed by atoms with E-state index < -0.39 is 10.0 Å². The van der Waals surface area contributed by atoms with E-state index >= 15 is 0 Å². The van der Waals surface area contributed by atoms with Crippen LogP contribution in [0.1, 0.15) is 38.3 Å². The topological polar surface area (TPSA) is 60.9 Å². The minimum absolute atomic E-state index is 0.225. The highest BCUT2D eigenvalue weighted by Gasteiger charge is 2.28. The van der Waals surface area contributed by atoms with Crippen molar-refractivity contribution in [3.8, 4) is 0 Å². The second-order valence-electron chi connectivity index (χ2n) is 6.13. The molecule has 0 bridgehead atoms. The highest BCUT2D eigenvalue weighted by molar-refractivity contribution is 7.93. The second-order valence-corrected chi connectivity index (χ2v) is 8.14. The maximum Gasteiger partial charge on any atom is 0.235 e. The van der Waals surface area contributed by atoms with Crippen molar-refractivity contribution in [3.05, 3.63) is 29.8 Å². The summed E-state index contributed by atoms with van der Waals surface area (Å²) in [5, 5.41) is 9.37. The third-order valence-corrected chi connectivity index (χ3v) is 6.19. The molecule has 1 aliphatic heterocycles. The molecule has 1 N–H and O–H groups in total. The Morgan fingerprint density at radius 3 is 2.41 bits per heavy atom. The molecule has 22 heavy (non-hydrogen) atoms. The van der Waals surface area contributed by atoms with E-state index in [1.807, 2.05) is 31.3 Å². The monoisotopic (exact) mass is 326 g/mol. The van der Waals surface area contributed by atoms with Gasteiger partial charge in [-0.1, -0.05) is 12.1 Å². The van der Waals surface area contributed by atoms with Gasteiger partial charge < -0.3 is 5.11 Å². The quantitative estimate of drug-likeness (QED) is 0.868. The van der Waals surface area contributed by atoms with Crippen LogP contribution in [0.3, 0.4) is 0 Å². The average Bonchev–Trinajstić information content (AvgIpc) is 2.83. The van der Waals surface area contributed by atoms with Gasteiger partial charge in [-0.3, -0.25) is 9.21 Å². The van der Waals surface area contributed by atoms with E-state index in [1.165, 1.54) is 4.31 Å². The average molecular weight is 326 g/mol. The van der Waals surface area contributed by atoms with Gasteiger partial charge >= 0.3 is 0 Å². The summed E-state index contributed by atoms with van der Waals surface area (Å²) in [5.41, 5.74) is 1.90. The summed E-state index contributed by atoms with van der Waals surface area (Å²) in [5.74, 6) is 0.243. The second kappa shape index (κ2) is 6.98. The van der Waals surface area contributed by atoms with Gasteiger partial charge in [0.05, 0.1) is 17.5 Å². The van der Waals surface area contributed by atoms with Crippen LogP contribution < -0.4 is 4.31 Å². The van der Waals surface area contributed by atoms with Crippen LogP contribution in [0.15, 0.2) is 24.3 Å². The van der Waals surface area contributed by atoms with Gasteiger partial charge in [0.15, 0.2) is 0 Å². The van der Waals surface area contributed by atoms with E-state index in [-0.39, 0.29) is 17.9 Å². The molecule has 1 saturated heterocycles. The van der Waals surface area contributed by atoms with E-state index in [0.29, 0.717) is 13.0 Å². The van der Waals surface area contributed by atoms with Crippen molar-refractivity contribution in [2.45, 2.75) is 38.8 Å². The van der Waals surface area contributed by atoms with E-state index in [2.05, 4.69) is 11.8 Å². The standard InChI is InChI=1S/C16H26N2O3S/c1-13(19)9-11-17(3)14(2)15-5-7-16(8-6-15)18-10-4-12-22(18,20)21/h5-8,13-14,19H,4,9-12H2,1-3H3/t13-,14+/m1/s1. The van der Waals surface area contributed by atoms with Crippen molar-refractivity contribution in [2.24, 2.45) is 0 Å². The zero-order valence-electron chi connectivity index (χ0n) is 13.6. The highest BCUT2D eigenvalue weighted by Crippen LogP contribution is 2.27. The highest BCUT2D eigenvalue weighted by atomic mass is 32.2. The fraction of sp³-hybridized carbons (Fsp3) is 0.625. The van der Waals surface area contributed by atoms with Crippen LogP contribution in [0.5, 0.6) is 0 Å². The molecular formula is C16H26N2O3S. The molecule has 6 heteroatoms. The number of hydrogen-bond acceptors (Lipinski definition) is 4. The summed E-state index contributed by atoms with van der Waals surface area (Å²) < 4.78 is 25.4. The zero-order chi connectivity index (χ0) is 16.3. The summed E-state index contributed by atoms with van der Waals surface area (Å²) in [7, 11) is -1.08. The van der Waals surface area contributed by atoms with Crippen molar-refractivity contribution in [1.82, 2.24) is 4.90 Å². The zero-order valence-corrected chi connectivity index (χ0v) is 14.4. The molecule has 1 aromatic carbocycles.